The number of hydrogen-bond acceptors (Lipinski definition) is 7. The summed E-state index contributed by atoms with van der Waals surface area (Å²) in [6, 6.07) is 0. The molecule has 2 N–H and O–H groups in total. The maximum atomic E-state index is 13.3. The largest absolute Gasteiger partial charge is 0.457 e. The highest BCUT2D eigenvalue weighted by atomic mass is 32.1. The van der Waals surface area contributed by atoms with Crippen molar-refractivity contribution in [3.05, 3.63) is 33.3 Å². The van der Waals surface area contributed by atoms with E-state index < -0.39 is 35.6 Å². The smallest absolute Gasteiger partial charge is 0.309 e. The van der Waals surface area contributed by atoms with Gasteiger partial charge in [-0.2, -0.15) is 0 Å². The van der Waals surface area contributed by atoms with Gasteiger partial charge in [-0.05, 0) is 63.5 Å². The van der Waals surface area contributed by atoms with Crippen LogP contribution in [0.4, 0.5) is 0 Å². The highest BCUT2D eigenvalue weighted by molar-refractivity contribution is 7.09. The predicted molar refractivity (Wildman–Crippen MR) is 150 cm³/mol. The number of esters is 1. The van der Waals surface area contributed by atoms with Gasteiger partial charge in [-0.3, -0.25) is 9.59 Å². The third-order valence-electron chi connectivity index (χ3n) is 7.85. The predicted octanol–water partition coefficient (Wildman–Crippen LogP) is 6.29. The van der Waals surface area contributed by atoms with E-state index in [-0.39, 0.29) is 18.1 Å². The molecular formula is C30H47NO5S. The van der Waals surface area contributed by atoms with Crippen molar-refractivity contribution in [2.75, 3.05) is 0 Å². The van der Waals surface area contributed by atoms with Crippen molar-refractivity contribution in [3.8, 4) is 0 Å². The number of aromatic nitrogens is 1. The third kappa shape index (κ3) is 9.15. The van der Waals surface area contributed by atoms with Crippen molar-refractivity contribution in [3.63, 3.8) is 0 Å². The molecule has 2 heterocycles. The van der Waals surface area contributed by atoms with Gasteiger partial charge >= 0.3 is 5.97 Å². The molecule has 1 aromatic rings. The van der Waals surface area contributed by atoms with Gasteiger partial charge in [0.2, 0.25) is 0 Å². The number of Topliss-reactive ketones (excluding diaryl/α,β-unsaturated/α-hetero) is 1. The lowest BCUT2D eigenvalue weighted by atomic mass is 9.72. The molecule has 6 nitrogen and oxygen atoms in total. The maximum Gasteiger partial charge on any atom is 0.309 e. The Kier molecular flexibility index (Phi) is 11.7. The first-order valence-electron chi connectivity index (χ1n) is 13.6. The van der Waals surface area contributed by atoms with E-state index >= 15 is 0 Å². The molecule has 0 aromatic carbocycles. The average Bonchev–Trinajstić information content (AvgIpc) is 3.23. The molecule has 37 heavy (non-hydrogen) atoms. The second kappa shape index (κ2) is 13.8. The number of rotatable bonds is 2. The molecule has 0 aliphatic carbocycles. The monoisotopic (exact) mass is 533 g/mol. The van der Waals surface area contributed by atoms with Crippen molar-refractivity contribution in [2.45, 2.75) is 112 Å². The Morgan fingerprint density at radius 1 is 1.19 bits per heavy atom. The zero-order valence-electron chi connectivity index (χ0n) is 23.9. The average molecular weight is 534 g/mol. The summed E-state index contributed by atoms with van der Waals surface area (Å²) in [6.07, 6.45) is 5.66. The summed E-state index contributed by atoms with van der Waals surface area (Å²) in [5.41, 5.74) is 1.76. The first kappa shape index (κ1) is 31.4. The van der Waals surface area contributed by atoms with Gasteiger partial charge < -0.3 is 14.9 Å². The third-order valence-corrected chi connectivity index (χ3v) is 8.65. The van der Waals surface area contributed by atoms with Crippen LogP contribution in [-0.4, -0.2) is 45.3 Å². The lowest BCUT2D eigenvalue weighted by Gasteiger charge is -2.35. The van der Waals surface area contributed by atoms with E-state index in [1.54, 1.807) is 32.1 Å². The van der Waals surface area contributed by atoms with Crippen molar-refractivity contribution in [1.29, 1.82) is 0 Å². The number of aliphatic hydroxyl groups is 2. The van der Waals surface area contributed by atoms with Gasteiger partial charge in [0.1, 0.15) is 11.9 Å². The molecule has 2 rings (SSSR count). The highest BCUT2D eigenvalue weighted by Gasteiger charge is 2.42. The summed E-state index contributed by atoms with van der Waals surface area (Å²) >= 11 is 1.57. The number of carbonyl (C=O) groups is 2. The van der Waals surface area contributed by atoms with E-state index in [0.29, 0.717) is 12.3 Å². The molecule has 1 aliphatic rings. The lowest BCUT2D eigenvalue weighted by Crippen LogP contribution is -2.45. The minimum atomic E-state index is -1.22. The number of cyclic esters (lactones) is 1. The molecule has 0 fully saturated rings. The van der Waals surface area contributed by atoms with Crippen LogP contribution in [0.15, 0.2) is 22.6 Å². The number of nitrogens with zero attached hydrogens (tertiary/aromatic N) is 1. The minimum absolute atomic E-state index is 0.0422. The Hall–Kier alpha value is -1.83. The van der Waals surface area contributed by atoms with E-state index in [9.17, 15) is 19.8 Å². The summed E-state index contributed by atoms with van der Waals surface area (Å²) in [5.74, 6) is -1.06. The van der Waals surface area contributed by atoms with E-state index in [4.69, 9.17) is 4.74 Å². The molecule has 208 valence electrons. The molecule has 0 bridgehead atoms. The summed E-state index contributed by atoms with van der Waals surface area (Å²) in [6.45, 7) is 15.2. The molecule has 1 aromatic heterocycles. The first-order valence-corrected chi connectivity index (χ1v) is 14.5. The quantitative estimate of drug-likeness (QED) is 0.342. The van der Waals surface area contributed by atoms with E-state index in [0.717, 1.165) is 42.0 Å². The van der Waals surface area contributed by atoms with Crippen LogP contribution in [-0.2, 0) is 14.3 Å². The number of hydrogen-bond donors (Lipinski definition) is 2. The molecule has 1 aliphatic heterocycles. The lowest BCUT2D eigenvalue weighted by molar-refractivity contribution is -0.154. The Balaban J connectivity index is 2.33. The number of carbonyl (C=O) groups excluding carboxylic acids is 2. The van der Waals surface area contributed by atoms with E-state index in [1.807, 2.05) is 32.2 Å². The van der Waals surface area contributed by atoms with Crippen LogP contribution in [0.25, 0.3) is 6.08 Å². The molecule has 0 saturated carbocycles. The fourth-order valence-corrected chi connectivity index (χ4v) is 5.72. The molecule has 7 heteroatoms. The number of ketones is 1. The molecule has 0 saturated heterocycles. The summed E-state index contributed by atoms with van der Waals surface area (Å²) in [5, 5.41) is 24.8. The molecule has 6 atom stereocenters. The Bertz CT molecular complexity index is 978. The van der Waals surface area contributed by atoms with Gasteiger partial charge in [-0.25, -0.2) is 4.98 Å². The van der Waals surface area contributed by atoms with E-state index in [2.05, 4.69) is 24.9 Å². The Labute approximate surface area is 227 Å². The minimum Gasteiger partial charge on any atom is -0.457 e. The van der Waals surface area contributed by atoms with Crippen molar-refractivity contribution in [1.82, 2.24) is 4.98 Å². The van der Waals surface area contributed by atoms with E-state index in [1.165, 1.54) is 5.57 Å². The van der Waals surface area contributed by atoms with Gasteiger partial charge in [0.25, 0.3) is 0 Å². The number of aryl methyl sites for hydroxylation is 1. The molecule has 0 amide bonds. The van der Waals surface area contributed by atoms with Crippen LogP contribution >= 0.6 is 11.3 Å². The normalized spacial score (nSPS) is 31.7. The fraction of sp³-hybridized carbons (Fsp3) is 0.700. The van der Waals surface area contributed by atoms with Gasteiger partial charge in [0.15, 0.2) is 0 Å². The van der Waals surface area contributed by atoms with Crippen LogP contribution in [0.3, 0.4) is 0 Å². The van der Waals surface area contributed by atoms with Crippen LogP contribution in [0.5, 0.6) is 0 Å². The zero-order valence-corrected chi connectivity index (χ0v) is 24.7. The standard InChI is InChI=1S/C30H47NO5S/c1-18-10-9-11-19(2)14-21(4)28(34)22(5)29(35)30(7,8)26(32)16-27(33)36-25(13-12-18)20(3)15-24-17-37-23(6)31-24/h12,15,17,19,21-22,25-26,28,32,34H,9-11,13-14,16H2,1-8H3. The van der Waals surface area contributed by atoms with Gasteiger partial charge in [0.05, 0.1) is 34.7 Å². The van der Waals surface area contributed by atoms with Crippen molar-refractivity contribution < 1.29 is 24.5 Å². The van der Waals surface area contributed by atoms with Gasteiger partial charge in [-0.1, -0.05) is 52.7 Å². The number of allylic oxidation sites excluding steroid dienone is 1. The molecular weight excluding hydrogens is 486 g/mol. The van der Waals surface area contributed by atoms with Crippen molar-refractivity contribution in [2.24, 2.45) is 23.2 Å². The van der Waals surface area contributed by atoms with Crippen LogP contribution < -0.4 is 0 Å². The Morgan fingerprint density at radius 3 is 2.49 bits per heavy atom. The zero-order chi connectivity index (χ0) is 27.9. The number of ether oxygens (including phenoxy) is 1. The SMILES string of the molecule is CC1=CCC(C(C)=Cc2csc(C)n2)OC(=O)CC(O)C(C)(C)C(=O)C(C)C(O)C(C)CC(C)CCC1. The summed E-state index contributed by atoms with van der Waals surface area (Å²) in [4.78, 5) is 30.8. The topological polar surface area (TPSA) is 96.7 Å². The molecule has 0 radical (unpaired) electrons. The van der Waals surface area contributed by atoms with Crippen molar-refractivity contribution >= 4 is 29.2 Å². The molecule has 0 spiro atoms. The number of thiazole rings is 1. The highest BCUT2D eigenvalue weighted by Crippen LogP contribution is 2.33. The second-order valence-electron chi connectivity index (χ2n) is 11.7. The molecule has 6 unspecified atom stereocenters. The maximum absolute atomic E-state index is 13.3. The van der Waals surface area contributed by atoms with Gasteiger partial charge in [0, 0.05) is 17.7 Å². The first-order chi connectivity index (χ1) is 17.2. The van der Waals surface area contributed by atoms with Crippen LogP contribution in [0.2, 0.25) is 0 Å². The van der Waals surface area contributed by atoms with Crippen LogP contribution in [0.1, 0.15) is 97.7 Å². The van der Waals surface area contributed by atoms with Gasteiger partial charge in [-0.15, -0.1) is 11.3 Å². The fourth-order valence-electron chi connectivity index (χ4n) is 5.15. The second-order valence-corrected chi connectivity index (χ2v) is 12.8. The summed E-state index contributed by atoms with van der Waals surface area (Å²) in [7, 11) is 0. The Morgan fingerprint density at radius 2 is 1.86 bits per heavy atom. The van der Waals surface area contributed by atoms with Crippen LogP contribution in [0, 0.1) is 30.1 Å². The summed E-state index contributed by atoms with van der Waals surface area (Å²) < 4.78 is 5.87. The number of aliphatic hydroxyl groups excluding tert-OH is 2.